The van der Waals surface area contributed by atoms with Crippen LogP contribution in [0.4, 0.5) is 0 Å². The zero-order valence-electron chi connectivity index (χ0n) is 8.35. The topological polar surface area (TPSA) is 67.8 Å². The standard InChI is InChI=1S/C10H13BrN2O2/c1-2-9(10(12)13-14)15-8-5-3-7(11)4-6-8/h3-6,9,14H,2H2,1H3,(H2,12,13). The van der Waals surface area contributed by atoms with Crippen LogP contribution in [0.5, 0.6) is 5.75 Å². The van der Waals surface area contributed by atoms with Gasteiger partial charge in [0.2, 0.25) is 0 Å². The van der Waals surface area contributed by atoms with Crippen molar-refractivity contribution in [2.75, 3.05) is 0 Å². The Morgan fingerprint density at radius 3 is 2.60 bits per heavy atom. The van der Waals surface area contributed by atoms with Gasteiger partial charge < -0.3 is 15.7 Å². The molecule has 1 aromatic rings. The van der Waals surface area contributed by atoms with Crippen LogP contribution in [0.25, 0.3) is 0 Å². The van der Waals surface area contributed by atoms with Gasteiger partial charge in [0.25, 0.3) is 0 Å². The first kappa shape index (κ1) is 11.8. The van der Waals surface area contributed by atoms with Crippen LogP contribution < -0.4 is 10.5 Å². The number of nitrogens with zero attached hydrogens (tertiary/aromatic N) is 1. The molecule has 0 saturated heterocycles. The van der Waals surface area contributed by atoms with Crippen molar-refractivity contribution in [1.82, 2.24) is 0 Å². The SMILES string of the molecule is CCC(Oc1ccc(Br)cc1)C(N)=NO. The summed E-state index contributed by atoms with van der Waals surface area (Å²) in [6.45, 7) is 1.90. The average Bonchev–Trinajstić information content (AvgIpc) is 2.27. The van der Waals surface area contributed by atoms with Gasteiger partial charge in [-0.05, 0) is 30.7 Å². The first-order valence-electron chi connectivity index (χ1n) is 4.57. The molecule has 0 bridgehead atoms. The molecule has 0 aliphatic rings. The van der Waals surface area contributed by atoms with Crippen LogP contribution in [0.15, 0.2) is 33.9 Å². The second-order valence-electron chi connectivity index (χ2n) is 2.99. The summed E-state index contributed by atoms with van der Waals surface area (Å²) in [4.78, 5) is 0. The van der Waals surface area contributed by atoms with Crippen LogP contribution >= 0.6 is 15.9 Å². The van der Waals surface area contributed by atoms with Gasteiger partial charge in [-0.3, -0.25) is 0 Å². The molecular formula is C10H13BrN2O2. The predicted molar refractivity (Wildman–Crippen MR) is 62.3 cm³/mol. The van der Waals surface area contributed by atoms with E-state index in [1.165, 1.54) is 0 Å². The number of oxime groups is 1. The van der Waals surface area contributed by atoms with E-state index in [2.05, 4.69) is 21.1 Å². The molecule has 82 valence electrons. The van der Waals surface area contributed by atoms with Gasteiger partial charge in [0, 0.05) is 4.47 Å². The second kappa shape index (κ2) is 5.60. The van der Waals surface area contributed by atoms with E-state index in [4.69, 9.17) is 15.7 Å². The quantitative estimate of drug-likeness (QED) is 0.383. The molecule has 4 nitrogen and oxygen atoms in total. The van der Waals surface area contributed by atoms with Crippen LogP contribution in [0.3, 0.4) is 0 Å². The number of rotatable bonds is 4. The lowest BCUT2D eigenvalue weighted by Crippen LogP contribution is -2.33. The van der Waals surface area contributed by atoms with E-state index in [0.717, 1.165) is 4.47 Å². The van der Waals surface area contributed by atoms with Crippen LogP contribution in [0.2, 0.25) is 0 Å². The summed E-state index contributed by atoms with van der Waals surface area (Å²) in [5, 5.41) is 11.5. The van der Waals surface area contributed by atoms with Crippen molar-refractivity contribution >= 4 is 21.8 Å². The molecular weight excluding hydrogens is 260 g/mol. The minimum absolute atomic E-state index is 0.0837. The predicted octanol–water partition coefficient (Wildman–Crippen LogP) is 2.35. The molecule has 0 saturated carbocycles. The first-order chi connectivity index (χ1) is 7.17. The van der Waals surface area contributed by atoms with Gasteiger partial charge in [-0.15, -0.1) is 0 Å². The number of hydrogen-bond acceptors (Lipinski definition) is 3. The molecule has 0 aliphatic heterocycles. The maximum Gasteiger partial charge on any atom is 0.180 e. The van der Waals surface area contributed by atoms with E-state index in [1.807, 2.05) is 31.2 Å². The Hall–Kier alpha value is -1.23. The summed E-state index contributed by atoms with van der Waals surface area (Å²) in [7, 11) is 0. The van der Waals surface area contributed by atoms with Crippen molar-refractivity contribution in [3.8, 4) is 5.75 Å². The van der Waals surface area contributed by atoms with E-state index >= 15 is 0 Å². The van der Waals surface area contributed by atoms with Gasteiger partial charge in [0.05, 0.1) is 0 Å². The van der Waals surface area contributed by atoms with Gasteiger partial charge in [0.1, 0.15) is 5.75 Å². The summed E-state index contributed by atoms with van der Waals surface area (Å²) in [5.74, 6) is 0.775. The second-order valence-corrected chi connectivity index (χ2v) is 3.91. The smallest absolute Gasteiger partial charge is 0.180 e. The van der Waals surface area contributed by atoms with Crippen molar-refractivity contribution in [2.45, 2.75) is 19.4 Å². The largest absolute Gasteiger partial charge is 0.482 e. The zero-order chi connectivity index (χ0) is 11.3. The van der Waals surface area contributed by atoms with E-state index in [1.54, 1.807) is 0 Å². The molecule has 0 spiro atoms. The minimum Gasteiger partial charge on any atom is -0.482 e. The zero-order valence-corrected chi connectivity index (χ0v) is 9.94. The lowest BCUT2D eigenvalue weighted by atomic mass is 10.2. The number of halogens is 1. The van der Waals surface area contributed by atoms with Gasteiger partial charge in [-0.1, -0.05) is 28.0 Å². The highest BCUT2D eigenvalue weighted by Crippen LogP contribution is 2.18. The van der Waals surface area contributed by atoms with Gasteiger partial charge in [-0.25, -0.2) is 0 Å². The minimum atomic E-state index is -0.392. The first-order valence-corrected chi connectivity index (χ1v) is 5.36. The van der Waals surface area contributed by atoms with Gasteiger partial charge in [-0.2, -0.15) is 0 Å². The summed E-state index contributed by atoms with van der Waals surface area (Å²) in [5.41, 5.74) is 5.47. The molecule has 0 radical (unpaired) electrons. The van der Waals surface area contributed by atoms with Crippen LogP contribution in [-0.2, 0) is 0 Å². The molecule has 0 aliphatic carbocycles. The Morgan fingerprint density at radius 2 is 2.13 bits per heavy atom. The highest BCUT2D eigenvalue weighted by atomic mass is 79.9. The van der Waals surface area contributed by atoms with E-state index < -0.39 is 6.10 Å². The molecule has 5 heteroatoms. The van der Waals surface area contributed by atoms with Crippen molar-refractivity contribution in [3.63, 3.8) is 0 Å². The maximum absolute atomic E-state index is 8.53. The Labute approximate surface area is 96.9 Å². The monoisotopic (exact) mass is 272 g/mol. The highest BCUT2D eigenvalue weighted by Gasteiger charge is 2.13. The molecule has 1 rings (SSSR count). The third-order valence-corrected chi connectivity index (χ3v) is 2.44. The number of nitrogens with two attached hydrogens (primary N) is 1. The highest BCUT2D eigenvalue weighted by molar-refractivity contribution is 9.10. The van der Waals surface area contributed by atoms with Crippen molar-refractivity contribution < 1.29 is 9.94 Å². The molecule has 0 fully saturated rings. The Kier molecular flexibility index (Phi) is 4.42. The molecule has 0 amide bonds. The lowest BCUT2D eigenvalue weighted by Gasteiger charge is -2.15. The third-order valence-electron chi connectivity index (χ3n) is 1.91. The fraction of sp³-hybridized carbons (Fsp3) is 0.300. The van der Waals surface area contributed by atoms with Crippen molar-refractivity contribution in [1.29, 1.82) is 0 Å². The Morgan fingerprint density at radius 1 is 1.53 bits per heavy atom. The Bertz CT molecular complexity index is 338. The molecule has 1 atom stereocenters. The van der Waals surface area contributed by atoms with Crippen molar-refractivity contribution in [2.24, 2.45) is 10.9 Å². The van der Waals surface area contributed by atoms with E-state index in [0.29, 0.717) is 12.2 Å². The number of ether oxygens (including phenoxy) is 1. The molecule has 0 aromatic heterocycles. The lowest BCUT2D eigenvalue weighted by molar-refractivity contribution is 0.246. The molecule has 3 N–H and O–H groups in total. The number of hydrogen-bond donors (Lipinski definition) is 2. The average molecular weight is 273 g/mol. The van der Waals surface area contributed by atoms with Crippen LogP contribution in [0.1, 0.15) is 13.3 Å². The summed E-state index contributed by atoms with van der Waals surface area (Å²) in [6, 6.07) is 7.37. The fourth-order valence-corrected chi connectivity index (χ4v) is 1.36. The summed E-state index contributed by atoms with van der Waals surface area (Å²) >= 11 is 3.33. The normalized spacial score (nSPS) is 13.6. The third kappa shape index (κ3) is 3.43. The molecule has 0 heterocycles. The van der Waals surface area contributed by atoms with E-state index in [-0.39, 0.29) is 5.84 Å². The van der Waals surface area contributed by atoms with E-state index in [9.17, 15) is 0 Å². The molecule has 1 unspecified atom stereocenters. The van der Waals surface area contributed by atoms with Crippen LogP contribution in [0, 0.1) is 0 Å². The number of benzene rings is 1. The number of amidine groups is 1. The van der Waals surface area contributed by atoms with Crippen molar-refractivity contribution in [3.05, 3.63) is 28.7 Å². The van der Waals surface area contributed by atoms with Crippen LogP contribution in [-0.4, -0.2) is 17.1 Å². The fourth-order valence-electron chi connectivity index (χ4n) is 1.09. The molecule has 1 aromatic carbocycles. The summed E-state index contributed by atoms with van der Waals surface area (Å²) < 4.78 is 6.51. The van der Waals surface area contributed by atoms with Gasteiger partial charge >= 0.3 is 0 Å². The Balaban J connectivity index is 2.71. The molecule has 15 heavy (non-hydrogen) atoms. The van der Waals surface area contributed by atoms with Gasteiger partial charge in [0.15, 0.2) is 11.9 Å². The summed E-state index contributed by atoms with van der Waals surface area (Å²) in [6.07, 6.45) is 0.252. The maximum atomic E-state index is 8.53.